The Morgan fingerprint density at radius 2 is 0.966 bits per heavy atom. The first-order valence-corrected chi connectivity index (χ1v) is 19.6. The van der Waals surface area contributed by atoms with Gasteiger partial charge in [-0.3, -0.25) is 30.5 Å². The van der Waals surface area contributed by atoms with Gasteiger partial charge in [-0.15, -0.1) is 49.2 Å². The van der Waals surface area contributed by atoms with Crippen molar-refractivity contribution >= 4 is 23.2 Å². The maximum absolute atomic E-state index is 14.2. The van der Waals surface area contributed by atoms with Crippen LogP contribution in [0.3, 0.4) is 0 Å². The van der Waals surface area contributed by atoms with Crippen molar-refractivity contribution in [2.45, 2.75) is 93.2 Å². The molecule has 0 aromatic heterocycles. The van der Waals surface area contributed by atoms with Gasteiger partial charge < -0.3 is 9.80 Å². The fraction of sp³-hybridized carbons (Fsp3) is 0.320. The number of carbonyl (C=O) groups excluding carboxylic acids is 2. The van der Waals surface area contributed by atoms with Gasteiger partial charge in [0.25, 0.3) is 0 Å². The van der Waals surface area contributed by atoms with Gasteiger partial charge in [0.15, 0.2) is 0 Å². The van der Waals surface area contributed by atoms with Gasteiger partial charge in [-0.1, -0.05) is 115 Å². The molecule has 0 radical (unpaired) electrons. The van der Waals surface area contributed by atoms with E-state index in [-0.39, 0.29) is 58.0 Å². The molecule has 0 heterocycles. The second kappa shape index (κ2) is 25.6. The summed E-state index contributed by atoms with van der Waals surface area (Å²) in [6.45, 7) is 11.7. The molecule has 0 saturated heterocycles. The van der Waals surface area contributed by atoms with Crippen LogP contribution >= 0.6 is 0 Å². The topological polar surface area (TPSA) is 40.6 Å². The van der Waals surface area contributed by atoms with Crippen molar-refractivity contribution in [3.8, 4) is 0 Å². The molecule has 2 aliphatic carbocycles. The number of carbonyl (C=O) groups is 2. The number of hydrogen-bond acceptors (Lipinski definition) is 2. The summed E-state index contributed by atoms with van der Waals surface area (Å²) in [6, 6.07) is 27.0. The molecule has 59 heavy (non-hydrogen) atoms. The Morgan fingerprint density at radius 3 is 1.24 bits per heavy atom. The van der Waals surface area contributed by atoms with E-state index in [2.05, 4.69) is 36.4 Å². The molecule has 0 fully saturated rings. The van der Waals surface area contributed by atoms with Crippen LogP contribution in [-0.4, -0.2) is 11.8 Å². The van der Waals surface area contributed by atoms with Crippen molar-refractivity contribution in [2.24, 2.45) is 10.8 Å². The van der Waals surface area contributed by atoms with Crippen molar-refractivity contribution in [3.05, 3.63) is 180 Å². The molecule has 0 unspecified atom stereocenters. The molecule has 4 aromatic rings. The van der Waals surface area contributed by atoms with E-state index in [4.69, 9.17) is 0 Å². The van der Waals surface area contributed by atoms with Gasteiger partial charge in [-0.2, -0.15) is 12.2 Å². The van der Waals surface area contributed by atoms with Gasteiger partial charge in [0, 0.05) is 47.2 Å². The Labute approximate surface area is 364 Å². The zero-order chi connectivity index (χ0) is 42.6. The third-order valence-electron chi connectivity index (χ3n) is 9.19. The van der Waals surface area contributed by atoms with E-state index in [0.717, 1.165) is 61.1 Å². The monoisotopic (exact) mass is 838 g/mol. The normalized spacial score (nSPS) is 12.2. The molecule has 6 rings (SSSR count). The minimum atomic E-state index is -0.729. The van der Waals surface area contributed by atoms with Gasteiger partial charge in [0.05, 0.1) is 0 Å². The standard InChI is InChI=1S/2C20H22F2NO.2C5H5.Ti/c2*1-4-12-20(2,3)19(24)23(14-15-8-6-5-7-9-15)18-13-16(21)10-11-17(18)22;2*1-2-4-5-3-1;/h2*5-10,13H,4,12,14H2,1-3H3;2*1-3H,4H2;/q4*-1;+4. The number of nitrogens with zero attached hydrogens (tertiary/aromatic N) is 2. The summed E-state index contributed by atoms with van der Waals surface area (Å²) in [5, 5.41) is 0. The number of benzene rings is 4. The van der Waals surface area contributed by atoms with Crippen molar-refractivity contribution in [3.63, 3.8) is 0 Å². The Morgan fingerprint density at radius 1 is 0.610 bits per heavy atom. The molecule has 0 N–H and O–H groups in total. The van der Waals surface area contributed by atoms with E-state index in [1.807, 2.05) is 127 Å². The average molecular weight is 839 g/mol. The number of hydrogen-bond donors (Lipinski definition) is 0. The first-order chi connectivity index (χ1) is 27.7. The molecule has 0 aliphatic heterocycles. The second-order valence-corrected chi connectivity index (χ2v) is 15.1. The van der Waals surface area contributed by atoms with Gasteiger partial charge in [-0.05, 0) is 35.3 Å². The van der Waals surface area contributed by atoms with Crippen LogP contribution < -0.4 is 9.80 Å². The molecule has 2 aliphatic rings. The van der Waals surface area contributed by atoms with Crippen LogP contribution in [0.5, 0.6) is 0 Å². The fourth-order valence-corrected chi connectivity index (χ4v) is 6.22. The molecule has 0 bridgehead atoms. The van der Waals surface area contributed by atoms with Crippen molar-refractivity contribution in [1.82, 2.24) is 0 Å². The summed E-state index contributed by atoms with van der Waals surface area (Å²) in [7, 11) is 0. The Hall–Kier alpha value is -4.79. The van der Waals surface area contributed by atoms with Crippen LogP contribution in [0.25, 0.3) is 0 Å². The molecule has 4 nitrogen and oxygen atoms in total. The predicted molar refractivity (Wildman–Crippen MR) is 226 cm³/mol. The van der Waals surface area contributed by atoms with Crippen LogP contribution in [0.1, 0.15) is 91.2 Å². The first-order valence-electron chi connectivity index (χ1n) is 19.6. The molecule has 9 heteroatoms. The smallest absolute Gasteiger partial charge is 0.359 e. The van der Waals surface area contributed by atoms with Crippen LogP contribution in [0.2, 0.25) is 0 Å². The van der Waals surface area contributed by atoms with Crippen LogP contribution in [0.4, 0.5) is 28.9 Å². The summed E-state index contributed by atoms with van der Waals surface area (Å²) in [4.78, 5) is 28.7. The Kier molecular flexibility index (Phi) is 21.9. The number of amides is 2. The molecule has 308 valence electrons. The average Bonchev–Trinajstić information content (AvgIpc) is 4.00. The van der Waals surface area contributed by atoms with Crippen molar-refractivity contribution in [1.29, 1.82) is 0 Å². The summed E-state index contributed by atoms with van der Waals surface area (Å²) in [6.07, 6.45) is 23.0. The molecule has 0 spiro atoms. The van der Waals surface area contributed by atoms with Crippen LogP contribution in [0.15, 0.2) is 121 Å². The summed E-state index contributed by atoms with van der Waals surface area (Å²) >= 11 is 0. The van der Waals surface area contributed by atoms with Gasteiger partial charge in [0.2, 0.25) is 11.8 Å². The fourth-order valence-electron chi connectivity index (χ4n) is 6.22. The van der Waals surface area contributed by atoms with Crippen molar-refractivity contribution in [2.75, 3.05) is 9.80 Å². The molecule has 4 aromatic carbocycles. The van der Waals surface area contributed by atoms with E-state index < -0.39 is 34.1 Å². The van der Waals surface area contributed by atoms with Gasteiger partial charge in [0.1, 0.15) is 0 Å². The number of allylic oxidation sites excluding steroid dienone is 8. The van der Waals surface area contributed by atoms with E-state index in [1.165, 1.54) is 9.80 Å². The zero-order valence-electron chi connectivity index (χ0n) is 34.9. The SMILES string of the molecule is CCCC(C)(C)C(=O)N(Cc1ccccc1)c1cc(F)c[c-]c1F.CCCC(C)(C)C(=O)N(Cc1ccccc1)c1cc(F)c[c-]c1F.[C-]1=CC=CC1.[C-]1=CC=CC1.[Ti+4]. The second-order valence-electron chi connectivity index (χ2n) is 15.1. The first kappa shape index (κ1) is 50.4. The quantitative estimate of drug-likeness (QED) is 0.0810. The third-order valence-corrected chi connectivity index (χ3v) is 9.19. The van der Waals surface area contributed by atoms with Gasteiger partial charge >= 0.3 is 21.7 Å². The number of rotatable bonds is 12. The maximum Gasteiger partial charge on any atom is 4.00 e. The Bertz CT molecular complexity index is 1850. The third kappa shape index (κ3) is 16.8. The minimum absolute atomic E-state index is 0. The number of halogens is 4. The van der Waals surface area contributed by atoms with Crippen LogP contribution in [-0.2, 0) is 44.4 Å². The molecule has 0 saturated carbocycles. The molecular weight excluding hydrogens is 784 g/mol. The van der Waals surface area contributed by atoms with E-state index in [0.29, 0.717) is 12.8 Å². The van der Waals surface area contributed by atoms with E-state index >= 15 is 0 Å². The predicted octanol–water partition coefficient (Wildman–Crippen LogP) is 12.9. The van der Waals surface area contributed by atoms with E-state index in [1.54, 1.807) is 0 Å². The summed E-state index contributed by atoms with van der Waals surface area (Å²) < 4.78 is 55.7. The molecule has 2 amide bonds. The number of anilines is 2. The van der Waals surface area contributed by atoms with Crippen LogP contribution in [0, 0.1) is 58.4 Å². The summed E-state index contributed by atoms with van der Waals surface area (Å²) in [5.41, 5.74) is 0.217. The largest absolute Gasteiger partial charge is 4.00 e. The van der Waals surface area contributed by atoms with Gasteiger partial charge in [-0.25, -0.2) is 33.1 Å². The van der Waals surface area contributed by atoms with E-state index in [9.17, 15) is 27.2 Å². The zero-order valence-corrected chi connectivity index (χ0v) is 36.5. The maximum atomic E-state index is 14.2. The van der Waals surface area contributed by atoms with Crippen molar-refractivity contribution < 1.29 is 48.9 Å². The molecular formula is C50H54F4N2O2Ti. The minimum Gasteiger partial charge on any atom is -0.359 e. The Balaban J connectivity index is 0.000000323. The summed E-state index contributed by atoms with van der Waals surface area (Å²) in [5.74, 6) is -3.16. The molecule has 0 atom stereocenters.